The molecule has 0 aromatic heterocycles. The Bertz CT molecular complexity index is 214. The second-order valence-electron chi connectivity index (χ2n) is 5.84. The lowest BCUT2D eigenvalue weighted by Gasteiger charge is -2.27. The van der Waals surface area contributed by atoms with Gasteiger partial charge in [0.15, 0.2) is 0 Å². The molecule has 3 nitrogen and oxygen atoms in total. The Kier molecular flexibility index (Phi) is 8.23. The number of hydrogen-bond donors (Lipinski definition) is 2. The minimum atomic E-state index is -0.708. The smallest absolute Gasteiger partial charge is 0.303 e. The zero-order valence-electron chi connectivity index (χ0n) is 11.9. The lowest BCUT2D eigenvalue weighted by Crippen LogP contribution is -2.35. The number of hydrogen-bond acceptors (Lipinski definition) is 2. The van der Waals surface area contributed by atoms with Crippen molar-refractivity contribution in [2.75, 3.05) is 6.54 Å². The molecule has 0 aromatic rings. The largest absolute Gasteiger partial charge is 0.481 e. The molecule has 17 heavy (non-hydrogen) atoms. The van der Waals surface area contributed by atoms with Crippen LogP contribution in [0.15, 0.2) is 0 Å². The van der Waals surface area contributed by atoms with E-state index in [0.717, 1.165) is 6.54 Å². The summed E-state index contributed by atoms with van der Waals surface area (Å²) in [5.41, 5.74) is 0.312. The van der Waals surface area contributed by atoms with Crippen LogP contribution in [-0.4, -0.2) is 23.7 Å². The van der Waals surface area contributed by atoms with Gasteiger partial charge in [-0.15, -0.1) is 0 Å². The van der Waals surface area contributed by atoms with Crippen LogP contribution in [0.2, 0.25) is 0 Å². The standard InChI is InChI=1S/C14H29NO2/c1-5-6-7-10-14(3,4)11-15-12(2)8-9-13(16)17/h12,15H,5-11H2,1-4H3,(H,16,17). The number of carboxylic acid groups (broad SMARTS) is 1. The van der Waals surface area contributed by atoms with Gasteiger partial charge in [-0.3, -0.25) is 4.79 Å². The SMILES string of the molecule is CCCCCC(C)(C)CNC(C)CCC(=O)O. The topological polar surface area (TPSA) is 49.3 Å². The van der Waals surface area contributed by atoms with E-state index in [1.807, 2.05) is 0 Å². The summed E-state index contributed by atoms with van der Waals surface area (Å²) in [5, 5.41) is 12.0. The highest BCUT2D eigenvalue weighted by Gasteiger charge is 2.18. The Hall–Kier alpha value is -0.570. The van der Waals surface area contributed by atoms with E-state index < -0.39 is 5.97 Å². The molecule has 0 aliphatic rings. The quantitative estimate of drug-likeness (QED) is 0.578. The number of unbranched alkanes of at least 4 members (excludes halogenated alkanes) is 2. The van der Waals surface area contributed by atoms with Gasteiger partial charge in [0.1, 0.15) is 0 Å². The minimum absolute atomic E-state index is 0.254. The van der Waals surface area contributed by atoms with Gasteiger partial charge in [0, 0.05) is 19.0 Å². The third kappa shape index (κ3) is 10.3. The summed E-state index contributed by atoms with van der Waals surface area (Å²) in [5.74, 6) is -0.708. The van der Waals surface area contributed by atoms with Gasteiger partial charge in [-0.1, -0.05) is 40.0 Å². The average Bonchev–Trinajstić information content (AvgIpc) is 2.24. The molecule has 0 fully saturated rings. The van der Waals surface area contributed by atoms with Crippen molar-refractivity contribution in [3.05, 3.63) is 0 Å². The van der Waals surface area contributed by atoms with Crippen molar-refractivity contribution in [1.29, 1.82) is 0 Å². The first kappa shape index (κ1) is 16.4. The molecule has 0 saturated carbocycles. The van der Waals surface area contributed by atoms with Crippen LogP contribution in [0.1, 0.15) is 66.2 Å². The normalized spacial score (nSPS) is 13.6. The molecular weight excluding hydrogens is 214 g/mol. The Labute approximate surface area is 106 Å². The van der Waals surface area contributed by atoms with E-state index in [9.17, 15) is 4.79 Å². The molecule has 0 aromatic carbocycles. The molecule has 1 atom stereocenters. The van der Waals surface area contributed by atoms with Crippen LogP contribution < -0.4 is 5.32 Å². The van der Waals surface area contributed by atoms with Crippen LogP contribution in [-0.2, 0) is 4.79 Å². The first-order valence-corrected chi connectivity index (χ1v) is 6.82. The average molecular weight is 243 g/mol. The first-order chi connectivity index (χ1) is 7.87. The Morgan fingerprint density at radius 1 is 1.35 bits per heavy atom. The van der Waals surface area contributed by atoms with Crippen LogP contribution in [0.4, 0.5) is 0 Å². The maximum Gasteiger partial charge on any atom is 0.303 e. The molecule has 0 spiro atoms. The van der Waals surface area contributed by atoms with Crippen molar-refractivity contribution in [3.8, 4) is 0 Å². The molecule has 2 N–H and O–H groups in total. The zero-order chi connectivity index (χ0) is 13.3. The fourth-order valence-corrected chi connectivity index (χ4v) is 1.83. The summed E-state index contributed by atoms with van der Waals surface area (Å²) < 4.78 is 0. The molecule has 0 aliphatic heterocycles. The van der Waals surface area contributed by atoms with Crippen LogP contribution in [0, 0.1) is 5.41 Å². The molecule has 0 saturated heterocycles. The molecule has 0 rings (SSSR count). The number of carboxylic acids is 1. The molecule has 102 valence electrons. The van der Waals surface area contributed by atoms with Gasteiger partial charge in [-0.05, 0) is 25.2 Å². The van der Waals surface area contributed by atoms with Crippen molar-refractivity contribution in [3.63, 3.8) is 0 Å². The van der Waals surface area contributed by atoms with Gasteiger partial charge >= 0.3 is 5.97 Å². The van der Waals surface area contributed by atoms with Crippen molar-refractivity contribution in [1.82, 2.24) is 5.32 Å². The highest BCUT2D eigenvalue weighted by Crippen LogP contribution is 2.22. The monoisotopic (exact) mass is 243 g/mol. The molecule has 0 bridgehead atoms. The molecule has 1 unspecified atom stereocenters. The van der Waals surface area contributed by atoms with Gasteiger partial charge < -0.3 is 10.4 Å². The highest BCUT2D eigenvalue weighted by atomic mass is 16.4. The number of rotatable bonds is 10. The second kappa shape index (κ2) is 8.51. The van der Waals surface area contributed by atoms with E-state index in [1.165, 1.54) is 25.7 Å². The van der Waals surface area contributed by atoms with E-state index in [0.29, 0.717) is 11.8 Å². The van der Waals surface area contributed by atoms with Crippen LogP contribution >= 0.6 is 0 Å². The van der Waals surface area contributed by atoms with Crippen molar-refractivity contribution >= 4 is 5.97 Å². The number of aliphatic carboxylic acids is 1. The summed E-state index contributed by atoms with van der Waals surface area (Å²) in [4.78, 5) is 10.5. The Balaban J connectivity index is 3.71. The van der Waals surface area contributed by atoms with E-state index >= 15 is 0 Å². The predicted molar refractivity (Wildman–Crippen MR) is 72.3 cm³/mol. The molecule has 0 aliphatic carbocycles. The molecule has 0 radical (unpaired) electrons. The Morgan fingerprint density at radius 3 is 2.53 bits per heavy atom. The maximum atomic E-state index is 10.5. The fourth-order valence-electron chi connectivity index (χ4n) is 1.83. The number of carbonyl (C=O) groups is 1. The van der Waals surface area contributed by atoms with Gasteiger partial charge in [-0.25, -0.2) is 0 Å². The first-order valence-electron chi connectivity index (χ1n) is 6.82. The van der Waals surface area contributed by atoms with Gasteiger partial charge in [0.25, 0.3) is 0 Å². The minimum Gasteiger partial charge on any atom is -0.481 e. The summed E-state index contributed by atoms with van der Waals surface area (Å²) in [7, 11) is 0. The fraction of sp³-hybridized carbons (Fsp3) is 0.929. The van der Waals surface area contributed by atoms with Gasteiger partial charge in [0.05, 0.1) is 0 Å². The van der Waals surface area contributed by atoms with Crippen LogP contribution in [0.5, 0.6) is 0 Å². The van der Waals surface area contributed by atoms with Crippen LogP contribution in [0.3, 0.4) is 0 Å². The molecular formula is C14H29NO2. The lowest BCUT2D eigenvalue weighted by molar-refractivity contribution is -0.137. The van der Waals surface area contributed by atoms with E-state index in [2.05, 4.69) is 33.0 Å². The van der Waals surface area contributed by atoms with E-state index in [4.69, 9.17) is 5.11 Å². The Morgan fingerprint density at radius 2 is 2.00 bits per heavy atom. The maximum absolute atomic E-state index is 10.5. The van der Waals surface area contributed by atoms with E-state index in [-0.39, 0.29) is 12.5 Å². The summed E-state index contributed by atoms with van der Waals surface area (Å²) in [6.07, 6.45) is 6.05. The third-order valence-corrected chi connectivity index (χ3v) is 3.18. The lowest BCUT2D eigenvalue weighted by atomic mass is 9.86. The summed E-state index contributed by atoms with van der Waals surface area (Å²) >= 11 is 0. The number of nitrogens with one attached hydrogen (secondary N) is 1. The van der Waals surface area contributed by atoms with Crippen LogP contribution in [0.25, 0.3) is 0 Å². The van der Waals surface area contributed by atoms with Gasteiger partial charge in [0.2, 0.25) is 0 Å². The predicted octanol–water partition coefficient (Wildman–Crippen LogP) is 3.44. The zero-order valence-corrected chi connectivity index (χ0v) is 11.9. The molecule has 3 heteroatoms. The summed E-state index contributed by atoms with van der Waals surface area (Å²) in [6, 6.07) is 0.288. The highest BCUT2D eigenvalue weighted by molar-refractivity contribution is 5.66. The van der Waals surface area contributed by atoms with Crippen molar-refractivity contribution in [2.24, 2.45) is 5.41 Å². The van der Waals surface area contributed by atoms with Crippen molar-refractivity contribution in [2.45, 2.75) is 72.3 Å². The molecule has 0 amide bonds. The van der Waals surface area contributed by atoms with Gasteiger partial charge in [-0.2, -0.15) is 0 Å². The second-order valence-corrected chi connectivity index (χ2v) is 5.84. The third-order valence-electron chi connectivity index (χ3n) is 3.18. The molecule has 0 heterocycles. The van der Waals surface area contributed by atoms with E-state index in [1.54, 1.807) is 0 Å². The van der Waals surface area contributed by atoms with Crippen molar-refractivity contribution < 1.29 is 9.90 Å². The summed E-state index contributed by atoms with van der Waals surface area (Å²) in [6.45, 7) is 9.81.